The Bertz CT molecular complexity index is 567. The third-order valence-electron chi connectivity index (χ3n) is 4.26. The summed E-state index contributed by atoms with van der Waals surface area (Å²) >= 11 is 0. The van der Waals surface area contributed by atoms with Crippen molar-refractivity contribution in [3.05, 3.63) is 42.7 Å². The van der Waals surface area contributed by atoms with E-state index in [1.807, 2.05) is 42.7 Å². The van der Waals surface area contributed by atoms with Gasteiger partial charge >= 0.3 is 0 Å². The first kappa shape index (κ1) is 14.0. The second-order valence-corrected chi connectivity index (χ2v) is 5.86. The first-order valence-electron chi connectivity index (χ1n) is 7.56. The fourth-order valence-corrected chi connectivity index (χ4v) is 2.80. The van der Waals surface area contributed by atoms with E-state index in [2.05, 4.69) is 34.2 Å². The van der Waals surface area contributed by atoms with E-state index in [-0.39, 0.29) is 0 Å². The largest absolute Gasteiger partial charge is 0.380 e. The fourth-order valence-electron chi connectivity index (χ4n) is 2.80. The number of piperidine rings is 1. The zero-order valence-electron chi connectivity index (χ0n) is 12.7. The quantitative estimate of drug-likeness (QED) is 0.939. The van der Waals surface area contributed by atoms with Crippen LogP contribution in [-0.4, -0.2) is 40.5 Å². The van der Waals surface area contributed by atoms with Crippen LogP contribution in [0.15, 0.2) is 42.7 Å². The van der Waals surface area contributed by atoms with Gasteiger partial charge in [0.15, 0.2) is 5.82 Å². The lowest BCUT2D eigenvalue weighted by Crippen LogP contribution is -2.42. The van der Waals surface area contributed by atoms with Gasteiger partial charge in [0.2, 0.25) is 0 Å². The molecule has 0 amide bonds. The summed E-state index contributed by atoms with van der Waals surface area (Å²) in [5.74, 6) is 0.776. The van der Waals surface area contributed by atoms with Gasteiger partial charge in [0.05, 0.1) is 18.1 Å². The molecule has 0 radical (unpaired) electrons. The SMILES string of the molecule is CC1CC(Nc2cnc(-c3ccccc3)nc2)CCN1C. The molecule has 110 valence electrons. The van der Waals surface area contributed by atoms with E-state index in [0.717, 1.165) is 30.0 Å². The Balaban J connectivity index is 1.65. The van der Waals surface area contributed by atoms with Crippen molar-refractivity contribution in [2.24, 2.45) is 0 Å². The second-order valence-electron chi connectivity index (χ2n) is 5.86. The van der Waals surface area contributed by atoms with E-state index < -0.39 is 0 Å². The third kappa shape index (κ3) is 3.39. The number of nitrogens with zero attached hydrogens (tertiary/aromatic N) is 3. The Morgan fingerprint density at radius 2 is 1.86 bits per heavy atom. The maximum absolute atomic E-state index is 4.46. The predicted molar refractivity (Wildman–Crippen MR) is 86.2 cm³/mol. The Hall–Kier alpha value is -1.94. The van der Waals surface area contributed by atoms with E-state index in [9.17, 15) is 0 Å². The molecule has 0 aliphatic carbocycles. The lowest BCUT2D eigenvalue weighted by Gasteiger charge is -2.35. The number of aromatic nitrogens is 2. The van der Waals surface area contributed by atoms with Gasteiger partial charge in [-0.2, -0.15) is 0 Å². The monoisotopic (exact) mass is 282 g/mol. The molecule has 1 fully saturated rings. The molecule has 2 aromatic rings. The van der Waals surface area contributed by atoms with Crippen LogP contribution in [0.5, 0.6) is 0 Å². The molecule has 0 spiro atoms. The molecule has 1 aliphatic rings. The average molecular weight is 282 g/mol. The molecule has 1 saturated heterocycles. The summed E-state index contributed by atoms with van der Waals surface area (Å²) in [6.45, 7) is 3.42. The molecule has 2 unspecified atom stereocenters. The first-order chi connectivity index (χ1) is 10.2. The highest BCUT2D eigenvalue weighted by Crippen LogP contribution is 2.20. The van der Waals surface area contributed by atoms with E-state index in [1.165, 1.54) is 6.42 Å². The lowest BCUT2D eigenvalue weighted by atomic mass is 9.99. The van der Waals surface area contributed by atoms with Crippen LogP contribution in [0.4, 0.5) is 5.69 Å². The normalized spacial score (nSPS) is 23.0. The first-order valence-corrected chi connectivity index (χ1v) is 7.56. The van der Waals surface area contributed by atoms with E-state index in [4.69, 9.17) is 0 Å². The maximum Gasteiger partial charge on any atom is 0.159 e. The van der Waals surface area contributed by atoms with Crippen molar-refractivity contribution in [2.45, 2.75) is 31.8 Å². The molecule has 4 heteroatoms. The highest BCUT2D eigenvalue weighted by atomic mass is 15.1. The molecule has 4 nitrogen and oxygen atoms in total. The van der Waals surface area contributed by atoms with E-state index in [1.54, 1.807) is 0 Å². The third-order valence-corrected chi connectivity index (χ3v) is 4.26. The van der Waals surface area contributed by atoms with E-state index >= 15 is 0 Å². The molecule has 1 N–H and O–H groups in total. The average Bonchev–Trinajstić information content (AvgIpc) is 2.53. The van der Waals surface area contributed by atoms with Crippen LogP contribution in [0.2, 0.25) is 0 Å². The number of nitrogens with one attached hydrogen (secondary N) is 1. The topological polar surface area (TPSA) is 41.1 Å². The van der Waals surface area contributed by atoms with Crippen LogP contribution >= 0.6 is 0 Å². The van der Waals surface area contributed by atoms with Crippen LogP contribution in [0.3, 0.4) is 0 Å². The van der Waals surface area contributed by atoms with Gasteiger partial charge in [-0.3, -0.25) is 0 Å². The van der Waals surface area contributed by atoms with E-state index in [0.29, 0.717) is 12.1 Å². The zero-order valence-corrected chi connectivity index (χ0v) is 12.7. The standard InChI is InChI=1S/C17H22N4/c1-13-10-15(8-9-21(13)2)20-16-11-18-17(19-12-16)14-6-4-3-5-7-14/h3-7,11-13,15,20H,8-10H2,1-2H3. The summed E-state index contributed by atoms with van der Waals surface area (Å²) in [5, 5.41) is 3.56. The summed E-state index contributed by atoms with van der Waals surface area (Å²) in [6, 6.07) is 11.2. The summed E-state index contributed by atoms with van der Waals surface area (Å²) in [5.41, 5.74) is 2.06. The van der Waals surface area contributed by atoms with Crippen molar-refractivity contribution in [1.29, 1.82) is 0 Å². The molecule has 1 aliphatic heterocycles. The molecule has 1 aromatic heterocycles. The van der Waals surface area contributed by atoms with Crippen molar-refractivity contribution in [3.8, 4) is 11.4 Å². The highest BCUT2D eigenvalue weighted by Gasteiger charge is 2.22. The number of rotatable bonds is 3. The smallest absolute Gasteiger partial charge is 0.159 e. The molecular weight excluding hydrogens is 260 g/mol. The number of anilines is 1. The summed E-state index contributed by atoms with van der Waals surface area (Å²) in [6.07, 6.45) is 6.11. The molecule has 2 heterocycles. The summed E-state index contributed by atoms with van der Waals surface area (Å²) in [7, 11) is 2.19. The van der Waals surface area contributed by atoms with Gasteiger partial charge in [0.1, 0.15) is 0 Å². The van der Waals surface area contributed by atoms with Gasteiger partial charge in [-0.25, -0.2) is 9.97 Å². The number of benzene rings is 1. The minimum absolute atomic E-state index is 0.516. The minimum Gasteiger partial charge on any atom is -0.380 e. The van der Waals surface area contributed by atoms with Crippen LogP contribution in [0.25, 0.3) is 11.4 Å². The van der Waals surface area contributed by atoms with Gasteiger partial charge in [-0.1, -0.05) is 30.3 Å². The molecule has 21 heavy (non-hydrogen) atoms. The van der Waals surface area contributed by atoms with Crippen LogP contribution < -0.4 is 5.32 Å². The molecule has 1 aromatic carbocycles. The van der Waals surface area contributed by atoms with Crippen LogP contribution in [0.1, 0.15) is 19.8 Å². The summed E-state index contributed by atoms with van der Waals surface area (Å²) in [4.78, 5) is 11.3. The van der Waals surface area contributed by atoms with Gasteiger partial charge in [-0.05, 0) is 26.8 Å². The lowest BCUT2D eigenvalue weighted by molar-refractivity contribution is 0.190. The van der Waals surface area contributed by atoms with Gasteiger partial charge in [0.25, 0.3) is 0 Å². The van der Waals surface area contributed by atoms with Gasteiger partial charge < -0.3 is 10.2 Å². The molecule has 3 rings (SSSR count). The van der Waals surface area contributed by atoms with Gasteiger partial charge in [0, 0.05) is 24.2 Å². The van der Waals surface area contributed by atoms with Crippen molar-refractivity contribution in [2.75, 3.05) is 18.9 Å². The number of hydrogen-bond donors (Lipinski definition) is 1. The minimum atomic E-state index is 0.516. The Kier molecular flexibility index (Phi) is 4.15. The highest BCUT2D eigenvalue weighted by molar-refractivity contribution is 5.55. The Morgan fingerprint density at radius 1 is 1.14 bits per heavy atom. The maximum atomic E-state index is 4.46. The molecule has 0 bridgehead atoms. The molecule has 0 saturated carbocycles. The van der Waals surface area contributed by atoms with Crippen molar-refractivity contribution < 1.29 is 0 Å². The van der Waals surface area contributed by atoms with Crippen molar-refractivity contribution >= 4 is 5.69 Å². The second kappa shape index (κ2) is 6.22. The molecular formula is C17H22N4. The van der Waals surface area contributed by atoms with Crippen LogP contribution in [-0.2, 0) is 0 Å². The molecule has 2 atom stereocenters. The fraction of sp³-hybridized carbons (Fsp3) is 0.412. The summed E-state index contributed by atoms with van der Waals surface area (Å²) < 4.78 is 0. The van der Waals surface area contributed by atoms with Crippen LogP contribution in [0, 0.1) is 0 Å². The van der Waals surface area contributed by atoms with Crippen molar-refractivity contribution in [1.82, 2.24) is 14.9 Å². The van der Waals surface area contributed by atoms with Gasteiger partial charge in [-0.15, -0.1) is 0 Å². The number of hydrogen-bond acceptors (Lipinski definition) is 4. The Labute approximate surface area is 126 Å². The predicted octanol–water partition coefficient (Wildman–Crippen LogP) is 3.04. The Morgan fingerprint density at radius 3 is 2.52 bits per heavy atom. The van der Waals surface area contributed by atoms with Crippen molar-refractivity contribution in [3.63, 3.8) is 0 Å². The zero-order chi connectivity index (χ0) is 14.7. The number of likely N-dealkylation sites (tertiary alicyclic amines) is 1.